The van der Waals surface area contributed by atoms with Crippen LogP contribution in [0.1, 0.15) is 12.8 Å². The second-order valence-electron chi connectivity index (χ2n) is 6.94. The number of benzene rings is 2. The van der Waals surface area contributed by atoms with Crippen LogP contribution in [-0.4, -0.2) is 47.3 Å². The van der Waals surface area contributed by atoms with Gasteiger partial charge >= 0.3 is 0 Å². The van der Waals surface area contributed by atoms with E-state index in [9.17, 15) is 22.3 Å². The van der Waals surface area contributed by atoms with Crippen molar-refractivity contribution in [3.8, 4) is 0 Å². The Morgan fingerprint density at radius 1 is 1.07 bits per heavy atom. The fraction of sp³-hybridized carbons (Fsp3) is 0.368. The molecule has 2 aromatic carbocycles. The Balaban J connectivity index is 1.72. The van der Waals surface area contributed by atoms with E-state index in [0.29, 0.717) is 34.8 Å². The zero-order valence-corrected chi connectivity index (χ0v) is 15.4. The Labute approximate surface area is 155 Å². The van der Waals surface area contributed by atoms with E-state index in [1.165, 1.54) is 28.6 Å². The minimum atomic E-state index is -3.35. The van der Waals surface area contributed by atoms with Crippen molar-refractivity contribution in [2.75, 3.05) is 18.8 Å². The molecule has 3 aromatic rings. The smallest absolute Gasteiger partial charge is 0.214 e. The van der Waals surface area contributed by atoms with E-state index < -0.39 is 27.8 Å². The van der Waals surface area contributed by atoms with Gasteiger partial charge in [0.05, 0.1) is 29.4 Å². The molecule has 0 spiro atoms. The van der Waals surface area contributed by atoms with Crippen LogP contribution in [-0.2, 0) is 16.6 Å². The monoisotopic (exact) mass is 394 g/mol. The maximum Gasteiger partial charge on any atom is 0.214 e. The predicted molar refractivity (Wildman–Crippen MR) is 100.0 cm³/mol. The summed E-state index contributed by atoms with van der Waals surface area (Å²) >= 11 is 0. The molecule has 1 saturated heterocycles. The van der Waals surface area contributed by atoms with Crippen molar-refractivity contribution in [1.82, 2.24) is 8.87 Å². The molecule has 2 heterocycles. The van der Waals surface area contributed by atoms with Crippen molar-refractivity contribution >= 4 is 31.8 Å². The summed E-state index contributed by atoms with van der Waals surface area (Å²) in [6.45, 7) is 0.392. The number of halogens is 2. The molecule has 0 amide bonds. The van der Waals surface area contributed by atoms with Crippen LogP contribution in [0, 0.1) is 11.6 Å². The highest BCUT2D eigenvalue weighted by atomic mass is 32.2. The molecule has 8 heteroatoms. The zero-order chi connectivity index (χ0) is 19.2. The van der Waals surface area contributed by atoms with Crippen molar-refractivity contribution in [3.05, 3.63) is 48.0 Å². The van der Waals surface area contributed by atoms with E-state index in [4.69, 9.17) is 0 Å². The van der Waals surface area contributed by atoms with E-state index in [2.05, 4.69) is 0 Å². The van der Waals surface area contributed by atoms with Gasteiger partial charge in [0.1, 0.15) is 11.6 Å². The number of aromatic nitrogens is 1. The van der Waals surface area contributed by atoms with Crippen molar-refractivity contribution in [2.24, 2.45) is 0 Å². The molecule has 1 atom stereocenters. The van der Waals surface area contributed by atoms with Crippen LogP contribution >= 0.6 is 0 Å². The fourth-order valence-corrected chi connectivity index (χ4v) is 5.45. The normalized spacial score (nSPS) is 18.9. The molecule has 1 unspecified atom stereocenters. The van der Waals surface area contributed by atoms with Gasteiger partial charge in [0.2, 0.25) is 10.0 Å². The second-order valence-corrected chi connectivity index (χ2v) is 9.03. The van der Waals surface area contributed by atoms with Gasteiger partial charge in [0.25, 0.3) is 0 Å². The minimum Gasteiger partial charge on any atom is -0.390 e. The molecule has 0 bridgehead atoms. The van der Waals surface area contributed by atoms with Crippen molar-refractivity contribution < 1.29 is 22.3 Å². The molecular weight excluding hydrogens is 374 g/mol. The highest BCUT2D eigenvalue weighted by Gasteiger charge is 2.28. The van der Waals surface area contributed by atoms with E-state index in [1.54, 1.807) is 16.7 Å². The van der Waals surface area contributed by atoms with Crippen LogP contribution in [0.15, 0.2) is 36.4 Å². The summed E-state index contributed by atoms with van der Waals surface area (Å²) in [5, 5.41) is 11.5. The summed E-state index contributed by atoms with van der Waals surface area (Å²) < 4.78 is 55.4. The van der Waals surface area contributed by atoms with Crippen LogP contribution in [0.4, 0.5) is 8.78 Å². The summed E-state index contributed by atoms with van der Waals surface area (Å²) in [6.07, 6.45) is 0.390. The van der Waals surface area contributed by atoms with Crippen molar-refractivity contribution in [3.63, 3.8) is 0 Å². The van der Waals surface area contributed by atoms with Gasteiger partial charge in [-0.25, -0.2) is 17.2 Å². The number of fused-ring (bicyclic) bond motifs is 3. The summed E-state index contributed by atoms with van der Waals surface area (Å²) in [4.78, 5) is 0. The first-order chi connectivity index (χ1) is 12.9. The Kier molecular flexibility index (Phi) is 4.65. The maximum atomic E-state index is 14.4. The molecule has 1 N–H and O–H groups in total. The number of hydrogen-bond acceptors (Lipinski definition) is 3. The summed E-state index contributed by atoms with van der Waals surface area (Å²) in [5.74, 6) is -0.790. The Bertz CT molecular complexity index is 1110. The van der Waals surface area contributed by atoms with Gasteiger partial charge in [-0.05, 0) is 43.2 Å². The first-order valence-electron chi connectivity index (χ1n) is 8.89. The van der Waals surface area contributed by atoms with Crippen LogP contribution < -0.4 is 0 Å². The molecule has 1 fully saturated rings. The van der Waals surface area contributed by atoms with Crippen LogP contribution in [0.5, 0.6) is 0 Å². The van der Waals surface area contributed by atoms with Crippen molar-refractivity contribution in [2.45, 2.75) is 25.5 Å². The highest BCUT2D eigenvalue weighted by molar-refractivity contribution is 7.89. The molecule has 1 aliphatic heterocycles. The SMILES string of the molecule is O=S1(=O)CCCCN1CC(O)Cn1c2cc(F)ccc2c2c(F)cccc21. The molecule has 0 aliphatic carbocycles. The highest BCUT2D eigenvalue weighted by Crippen LogP contribution is 2.31. The van der Waals surface area contributed by atoms with Gasteiger partial charge < -0.3 is 9.67 Å². The third-order valence-corrected chi connectivity index (χ3v) is 6.99. The summed E-state index contributed by atoms with van der Waals surface area (Å²) in [6, 6.07) is 8.71. The molecule has 5 nitrogen and oxygen atoms in total. The Morgan fingerprint density at radius 2 is 1.89 bits per heavy atom. The van der Waals surface area contributed by atoms with Gasteiger partial charge in [-0.1, -0.05) is 6.07 Å². The number of rotatable bonds is 4. The summed E-state index contributed by atoms with van der Waals surface area (Å²) in [7, 11) is -3.35. The predicted octanol–water partition coefficient (Wildman–Crippen LogP) is 2.86. The minimum absolute atomic E-state index is 0.0336. The van der Waals surface area contributed by atoms with Gasteiger partial charge in [-0.2, -0.15) is 4.31 Å². The number of hydrogen-bond donors (Lipinski definition) is 1. The molecule has 144 valence electrons. The average molecular weight is 394 g/mol. The topological polar surface area (TPSA) is 62.5 Å². The largest absolute Gasteiger partial charge is 0.390 e. The lowest BCUT2D eigenvalue weighted by Crippen LogP contribution is -2.43. The zero-order valence-electron chi connectivity index (χ0n) is 14.6. The van der Waals surface area contributed by atoms with Crippen LogP contribution in [0.2, 0.25) is 0 Å². The number of aliphatic hydroxyl groups is 1. The molecule has 1 aromatic heterocycles. The molecular formula is C19H20F2N2O3S. The standard InChI is InChI=1S/C19H20F2N2O3S/c20-13-6-7-15-18(10-13)23(17-5-3-4-16(21)19(15)17)12-14(24)11-22-8-1-2-9-27(22,25)26/h3-7,10,14,24H,1-2,8-9,11-12H2. The van der Waals surface area contributed by atoms with E-state index in [-0.39, 0.29) is 18.8 Å². The molecule has 4 rings (SSSR count). The molecule has 0 radical (unpaired) electrons. The van der Waals surface area contributed by atoms with E-state index in [1.807, 2.05) is 0 Å². The Morgan fingerprint density at radius 3 is 2.67 bits per heavy atom. The fourth-order valence-electron chi connectivity index (χ4n) is 3.82. The third-order valence-electron chi connectivity index (χ3n) is 5.06. The lowest BCUT2D eigenvalue weighted by Gasteiger charge is -2.28. The number of nitrogens with zero attached hydrogens (tertiary/aromatic N) is 2. The Hall–Kier alpha value is -2.03. The number of sulfonamides is 1. The lowest BCUT2D eigenvalue weighted by molar-refractivity contribution is 0.128. The quantitative estimate of drug-likeness (QED) is 0.740. The maximum absolute atomic E-state index is 14.4. The number of aliphatic hydroxyl groups excluding tert-OH is 1. The second kappa shape index (κ2) is 6.85. The van der Waals surface area contributed by atoms with Gasteiger partial charge in [0, 0.05) is 23.9 Å². The average Bonchev–Trinajstić information content (AvgIpc) is 2.91. The van der Waals surface area contributed by atoms with Gasteiger partial charge in [-0.15, -0.1) is 0 Å². The summed E-state index contributed by atoms with van der Waals surface area (Å²) in [5.41, 5.74) is 1.01. The first kappa shape index (κ1) is 18.3. The van der Waals surface area contributed by atoms with Crippen molar-refractivity contribution in [1.29, 1.82) is 0 Å². The van der Waals surface area contributed by atoms with E-state index >= 15 is 0 Å². The molecule has 0 saturated carbocycles. The van der Waals surface area contributed by atoms with Gasteiger partial charge in [0.15, 0.2) is 0 Å². The lowest BCUT2D eigenvalue weighted by atomic mass is 10.1. The molecule has 1 aliphatic rings. The van der Waals surface area contributed by atoms with Crippen LogP contribution in [0.3, 0.4) is 0 Å². The third kappa shape index (κ3) is 3.33. The molecule has 27 heavy (non-hydrogen) atoms. The van der Waals surface area contributed by atoms with Gasteiger partial charge in [-0.3, -0.25) is 0 Å². The first-order valence-corrected chi connectivity index (χ1v) is 10.5. The van der Waals surface area contributed by atoms with E-state index in [0.717, 1.165) is 6.42 Å². The van der Waals surface area contributed by atoms with Crippen LogP contribution in [0.25, 0.3) is 21.8 Å². The number of β-amino-alcohol motifs (C(OH)–C–C–N with tert-alkyl or cyclic N) is 1.